The summed E-state index contributed by atoms with van der Waals surface area (Å²) in [5.41, 5.74) is 0.0849. The molecule has 1 amide bonds. The van der Waals surface area contributed by atoms with Gasteiger partial charge in [0.2, 0.25) is 0 Å². The van der Waals surface area contributed by atoms with Gasteiger partial charge < -0.3 is 10.1 Å². The number of esters is 1. The Morgan fingerprint density at radius 1 is 1.32 bits per heavy atom. The van der Waals surface area contributed by atoms with Gasteiger partial charge in [0.15, 0.2) is 12.3 Å². The number of carbonyl (C=O) groups is 2. The van der Waals surface area contributed by atoms with Crippen molar-refractivity contribution in [3.05, 3.63) is 57.5 Å². The molecule has 7 nitrogen and oxygen atoms in total. The van der Waals surface area contributed by atoms with Crippen LogP contribution >= 0.6 is 11.6 Å². The highest BCUT2D eigenvalue weighted by Crippen LogP contribution is 2.14. The molecular weight excluding hydrogens is 310 g/mol. The molecule has 0 radical (unpaired) electrons. The molecule has 114 valence electrons. The molecule has 0 aliphatic rings. The number of amides is 1. The van der Waals surface area contributed by atoms with Gasteiger partial charge in [-0.15, -0.1) is 0 Å². The second kappa shape index (κ2) is 6.86. The number of nitrogens with zero attached hydrogens (tertiary/aromatic N) is 2. The van der Waals surface area contributed by atoms with Crippen molar-refractivity contribution in [3.63, 3.8) is 0 Å². The topological polar surface area (TPSA) is 90.3 Å². The second-order valence-electron chi connectivity index (χ2n) is 4.32. The summed E-state index contributed by atoms with van der Waals surface area (Å²) in [6.45, 7) is -0.476. The first-order valence-corrected chi connectivity index (χ1v) is 6.60. The third-order valence-corrected chi connectivity index (χ3v) is 2.85. The highest BCUT2D eigenvalue weighted by atomic mass is 35.5. The number of halogens is 1. The summed E-state index contributed by atoms with van der Waals surface area (Å²) in [6, 6.07) is 8.99. The number of rotatable bonds is 4. The van der Waals surface area contributed by atoms with Crippen LogP contribution in [0.15, 0.2) is 41.2 Å². The van der Waals surface area contributed by atoms with E-state index in [-0.39, 0.29) is 11.3 Å². The maximum absolute atomic E-state index is 11.7. The number of carbonyl (C=O) groups excluding carboxylic acids is 2. The van der Waals surface area contributed by atoms with Crippen molar-refractivity contribution in [1.29, 1.82) is 0 Å². The average Bonchev–Trinajstić information content (AvgIpc) is 2.47. The van der Waals surface area contributed by atoms with Gasteiger partial charge >= 0.3 is 5.97 Å². The number of hydrogen-bond donors (Lipinski definition) is 1. The summed E-state index contributed by atoms with van der Waals surface area (Å²) in [5, 5.41) is 6.74. The maximum Gasteiger partial charge on any atom is 0.359 e. The summed E-state index contributed by atoms with van der Waals surface area (Å²) in [6.07, 6.45) is 0. The van der Waals surface area contributed by atoms with E-state index in [2.05, 4.69) is 10.4 Å². The van der Waals surface area contributed by atoms with Crippen molar-refractivity contribution in [3.8, 4) is 0 Å². The molecule has 0 saturated heterocycles. The lowest BCUT2D eigenvalue weighted by Gasteiger charge is -2.07. The Kier molecular flexibility index (Phi) is 4.90. The van der Waals surface area contributed by atoms with Gasteiger partial charge in [-0.25, -0.2) is 9.48 Å². The quantitative estimate of drug-likeness (QED) is 0.855. The number of anilines is 1. The highest BCUT2D eigenvalue weighted by Gasteiger charge is 2.12. The van der Waals surface area contributed by atoms with Crippen LogP contribution < -0.4 is 10.9 Å². The fourth-order valence-electron chi connectivity index (χ4n) is 1.58. The Labute approximate surface area is 130 Å². The van der Waals surface area contributed by atoms with E-state index in [9.17, 15) is 14.4 Å². The molecule has 22 heavy (non-hydrogen) atoms. The third kappa shape index (κ3) is 4.16. The van der Waals surface area contributed by atoms with E-state index in [0.29, 0.717) is 10.7 Å². The van der Waals surface area contributed by atoms with Gasteiger partial charge in [-0.2, -0.15) is 5.10 Å². The molecular formula is C14H12ClN3O4. The molecule has 0 unspecified atom stereocenters. The molecule has 0 spiro atoms. The van der Waals surface area contributed by atoms with E-state index >= 15 is 0 Å². The minimum atomic E-state index is -0.795. The Bertz CT molecular complexity index is 773. The average molecular weight is 322 g/mol. The van der Waals surface area contributed by atoms with E-state index in [4.69, 9.17) is 16.3 Å². The van der Waals surface area contributed by atoms with Crippen LogP contribution in [0.4, 0.5) is 5.69 Å². The van der Waals surface area contributed by atoms with Gasteiger partial charge in [-0.05, 0) is 24.3 Å². The minimum Gasteiger partial charge on any atom is -0.451 e. The minimum absolute atomic E-state index is 0.0577. The van der Waals surface area contributed by atoms with Crippen LogP contribution in [0.25, 0.3) is 0 Å². The van der Waals surface area contributed by atoms with Crippen molar-refractivity contribution in [2.75, 3.05) is 11.9 Å². The molecule has 2 aromatic rings. The summed E-state index contributed by atoms with van der Waals surface area (Å²) in [7, 11) is 1.41. The van der Waals surface area contributed by atoms with Gasteiger partial charge in [-0.3, -0.25) is 9.59 Å². The second-order valence-corrected chi connectivity index (χ2v) is 4.75. The van der Waals surface area contributed by atoms with E-state index in [1.807, 2.05) is 0 Å². The van der Waals surface area contributed by atoms with E-state index in [1.165, 1.54) is 19.2 Å². The molecule has 0 aliphatic heterocycles. The molecule has 0 bridgehead atoms. The monoisotopic (exact) mass is 321 g/mol. The largest absolute Gasteiger partial charge is 0.451 e. The van der Waals surface area contributed by atoms with Crippen LogP contribution in [0.2, 0.25) is 5.02 Å². The van der Waals surface area contributed by atoms with Crippen LogP contribution in [-0.2, 0) is 16.6 Å². The van der Waals surface area contributed by atoms with Crippen molar-refractivity contribution in [2.24, 2.45) is 7.05 Å². The van der Waals surface area contributed by atoms with Crippen LogP contribution in [0.1, 0.15) is 10.5 Å². The van der Waals surface area contributed by atoms with Crippen LogP contribution in [-0.4, -0.2) is 28.3 Å². The van der Waals surface area contributed by atoms with E-state index in [1.54, 1.807) is 24.3 Å². The molecule has 0 fully saturated rings. The summed E-state index contributed by atoms with van der Waals surface area (Å²) < 4.78 is 5.83. The highest BCUT2D eigenvalue weighted by molar-refractivity contribution is 6.30. The first-order chi connectivity index (χ1) is 10.5. The fourth-order valence-corrected chi connectivity index (χ4v) is 1.77. The number of hydrogen-bond acceptors (Lipinski definition) is 5. The number of ether oxygens (including phenoxy) is 1. The summed E-state index contributed by atoms with van der Waals surface area (Å²) >= 11 is 5.79. The van der Waals surface area contributed by atoms with Crippen LogP contribution in [0.3, 0.4) is 0 Å². The van der Waals surface area contributed by atoms with E-state index < -0.39 is 18.5 Å². The Morgan fingerprint density at radius 2 is 2.09 bits per heavy atom. The lowest BCUT2D eigenvalue weighted by molar-refractivity contribution is -0.119. The van der Waals surface area contributed by atoms with Crippen molar-refractivity contribution in [1.82, 2.24) is 9.78 Å². The van der Waals surface area contributed by atoms with Crippen LogP contribution in [0.5, 0.6) is 0 Å². The molecule has 2 rings (SSSR count). The number of benzene rings is 1. The Morgan fingerprint density at radius 3 is 2.77 bits per heavy atom. The molecule has 0 atom stereocenters. The Hall–Kier alpha value is -2.67. The smallest absolute Gasteiger partial charge is 0.359 e. The number of aromatic nitrogens is 2. The van der Waals surface area contributed by atoms with Gasteiger partial charge in [0, 0.05) is 23.8 Å². The molecule has 8 heteroatoms. The van der Waals surface area contributed by atoms with Crippen molar-refractivity contribution in [2.45, 2.75) is 0 Å². The molecule has 1 heterocycles. The predicted octanol–water partition coefficient (Wildman–Crippen LogP) is 1.23. The number of aryl methyl sites for hydroxylation is 1. The molecule has 1 aromatic heterocycles. The lowest BCUT2D eigenvalue weighted by Crippen LogP contribution is -2.24. The number of nitrogens with one attached hydrogen (secondary N) is 1. The van der Waals surface area contributed by atoms with Gasteiger partial charge in [0.1, 0.15) is 0 Å². The summed E-state index contributed by atoms with van der Waals surface area (Å²) in [5.74, 6) is -1.31. The summed E-state index contributed by atoms with van der Waals surface area (Å²) in [4.78, 5) is 34.6. The van der Waals surface area contributed by atoms with Crippen LogP contribution in [0, 0.1) is 0 Å². The SMILES string of the molecule is Cn1nc(C(=O)OCC(=O)Nc2cccc(Cl)c2)ccc1=O. The zero-order chi connectivity index (χ0) is 16.1. The first kappa shape index (κ1) is 15.7. The molecule has 1 N–H and O–H groups in total. The predicted molar refractivity (Wildman–Crippen MR) is 79.8 cm³/mol. The normalized spacial score (nSPS) is 10.1. The first-order valence-electron chi connectivity index (χ1n) is 6.22. The molecule has 1 aromatic carbocycles. The fraction of sp³-hybridized carbons (Fsp3) is 0.143. The maximum atomic E-state index is 11.7. The van der Waals surface area contributed by atoms with E-state index in [0.717, 1.165) is 4.68 Å². The standard InChI is InChI=1S/C14H12ClN3O4/c1-18-13(20)6-5-11(17-18)14(21)22-8-12(19)16-10-4-2-3-9(15)7-10/h2-7H,8H2,1H3,(H,16,19). The van der Waals surface area contributed by atoms with Crippen molar-refractivity contribution >= 4 is 29.2 Å². The zero-order valence-electron chi connectivity index (χ0n) is 11.6. The van der Waals surface area contributed by atoms with Gasteiger partial charge in [-0.1, -0.05) is 17.7 Å². The molecule has 0 saturated carbocycles. The van der Waals surface area contributed by atoms with Gasteiger partial charge in [0.05, 0.1) is 0 Å². The Balaban J connectivity index is 1.91. The lowest BCUT2D eigenvalue weighted by atomic mass is 10.3. The zero-order valence-corrected chi connectivity index (χ0v) is 12.3. The van der Waals surface area contributed by atoms with Gasteiger partial charge in [0.25, 0.3) is 11.5 Å². The molecule has 0 aliphatic carbocycles. The third-order valence-electron chi connectivity index (χ3n) is 2.61. The van der Waals surface area contributed by atoms with Crippen molar-refractivity contribution < 1.29 is 14.3 Å².